The number of hydrogen-bond donors (Lipinski definition) is 0. The molecule has 0 spiro atoms. The Morgan fingerprint density at radius 2 is 1.48 bits per heavy atom. The van der Waals surface area contributed by atoms with Crippen LogP contribution in [0.4, 0.5) is 0 Å². The van der Waals surface area contributed by atoms with Gasteiger partial charge in [0.15, 0.2) is 5.43 Å². The topological polar surface area (TPSA) is 63.0 Å². The molecule has 1 aliphatic rings. The maximum absolute atomic E-state index is 13.8. The van der Waals surface area contributed by atoms with Crippen molar-refractivity contribution < 1.29 is 13.9 Å². The standard InChI is InChI=1S/C34H38N2O4/c1-3-5-20-35(21-6-4-2)22-13-23-36-31(25-14-12-17-27(24-25)39-26-15-8-7-9-16-26)30-32(37)28-18-10-11-19-29(28)40-33(30)34(36)38/h7-12,14-19,24,31H,3-6,13,20-23H2,1-2H3. The van der Waals surface area contributed by atoms with Crippen molar-refractivity contribution in [3.63, 3.8) is 0 Å². The van der Waals surface area contributed by atoms with Crippen molar-refractivity contribution in [1.82, 2.24) is 9.80 Å². The first-order valence-corrected chi connectivity index (χ1v) is 14.5. The second-order valence-corrected chi connectivity index (χ2v) is 10.5. The number of ether oxygens (including phenoxy) is 1. The molecule has 6 heteroatoms. The molecule has 3 aromatic carbocycles. The van der Waals surface area contributed by atoms with Crippen LogP contribution in [0.3, 0.4) is 0 Å². The van der Waals surface area contributed by atoms with E-state index < -0.39 is 6.04 Å². The number of amides is 1. The van der Waals surface area contributed by atoms with E-state index in [1.165, 1.54) is 12.8 Å². The molecule has 1 aliphatic heterocycles. The maximum Gasteiger partial charge on any atom is 0.290 e. The molecular weight excluding hydrogens is 500 g/mol. The number of carbonyl (C=O) groups excluding carboxylic acids is 1. The predicted octanol–water partition coefficient (Wildman–Crippen LogP) is 7.42. The number of nitrogens with zero attached hydrogens (tertiary/aromatic N) is 2. The number of fused-ring (bicyclic) bond motifs is 2. The van der Waals surface area contributed by atoms with Gasteiger partial charge in [0.2, 0.25) is 5.76 Å². The Morgan fingerprint density at radius 3 is 2.23 bits per heavy atom. The summed E-state index contributed by atoms with van der Waals surface area (Å²) in [4.78, 5) is 31.9. The Balaban J connectivity index is 1.48. The zero-order valence-electron chi connectivity index (χ0n) is 23.5. The summed E-state index contributed by atoms with van der Waals surface area (Å²) in [7, 11) is 0. The number of rotatable bonds is 13. The molecule has 0 fully saturated rings. The van der Waals surface area contributed by atoms with Crippen molar-refractivity contribution in [3.8, 4) is 11.5 Å². The van der Waals surface area contributed by atoms with Gasteiger partial charge >= 0.3 is 0 Å². The van der Waals surface area contributed by atoms with Crippen LogP contribution in [0.2, 0.25) is 0 Å². The number of hydrogen-bond acceptors (Lipinski definition) is 5. The molecule has 2 heterocycles. The summed E-state index contributed by atoms with van der Waals surface area (Å²) < 4.78 is 12.2. The lowest BCUT2D eigenvalue weighted by molar-refractivity contribution is 0.0719. The summed E-state index contributed by atoms with van der Waals surface area (Å²) in [6.07, 6.45) is 5.47. The van der Waals surface area contributed by atoms with E-state index in [-0.39, 0.29) is 17.1 Å². The van der Waals surface area contributed by atoms with Gasteiger partial charge in [0.1, 0.15) is 17.1 Å². The van der Waals surface area contributed by atoms with Crippen molar-refractivity contribution >= 4 is 16.9 Å². The number of benzene rings is 3. The van der Waals surface area contributed by atoms with Gasteiger partial charge in [-0.25, -0.2) is 0 Å². The molecule has 4 aromatic rings. The van der Waals surface area contributed by atoms with Crippen molar-refractivity contribution in [2.75, 3.05) is 26.2 Å². The molecule has 0 N–H and O–H groups in total. The van der Waals surface area contributed by atoms with Crippen LogP contribution in [-0.2, 0) is 0 Å². The normalized spacial score (nSPS) is 14.7. The fraction of sp³-hybridized carbons (Fsp3) is 0.353. The Kier molecular flexibility index (Phi) is 8.97. The summed E-state index contributed by atoms with van der Waals surface area (Å²) in [5, 5.41) is 0.489. The van der Waals surface area contributed by atoms with E-state index in [9.17, 15) is 9.59 Å². The molecule has 5 rings (SSSR count). The lowest BCUT2D eigenvalue weighted by Gasteiger charge is -2.27. The van der Waals surface area contributed by atoms with Crippen LogP contribution in [0.15, 0.2) is 88.1 Å². The molecule has 1 atom stereocenters. The third-order valence-corrected chi connectivity index (χ3v) is 7.56. The van der Waals surface area contributed by atoms with Gasteiger partial charge in [0.05, 0.1) is 17.0 Å². The predicted molar refractivity (Wildman–Crippen MR) is 159 cm³/mol. The van der Waals surface area contributed by atoms with Gasteiger partial charge in [-0.2, -0.15) is 0 Å². The first kappa shape index (κ1) is 27.7. The monoisotopic (exact) mass is 538 g/mol. The molecule has 0 saturated carbocycles. The van der Waals surface area contributed by atoms with E-state index in [0.717, 1.165) is 50.2 Å². The first-order chi connectivity index (χ1) is 19.6. The average Bonchev–Trinajstić information content (AvgIpc) is 3.26. The van der Waals surface area contributed by atoms with Crippen LogP contribution in [0.1, 0.15) is 73.7 Å². The Morgan fingerprint density at radius 1 is 0.800 bits per heavy atom. The minimum atomic E-state index is -0.539. The molecule has 6 nitrogen and oxygen atoms in total. The van der Waals surface area contributed by atoms with E-state index >= 15 is 0 Å². The van der Waals surface area contributed by atoms with Crippen molar-refractivity contribution in [2.45, 2.75) is 52.0 Å². The highest BCUT2D eigenvalue weighted by Crippen LogP contribution is 2.39. The maximum atomic E-state index is 13.8. The van der Waals surface area contributed by atoms with Gasteiger partial charge in [-0.15, -0.1) is 0 Å². The van der Waals surface area contributed by atoms with Gasteiger partial charge in [-0.05, 0) is 80.9 Å². The number of para-hydroxylation sites is 2. The number of carbonyl (C=O) groups is 1. The van der Waals surface area contributed by atoms with E-state index in [0.29, 0.717) is 28.8 Å². The van der Waals surface area contributed by atoms with Gasteiger partial charge < -0.3 is 19.0 Å². The summed E-state index contributed by atoms with van der Waals surface area (Å²) in [6.45, 7) is 8.00. The minimum Gasteiger partial charge on any atom is -0.457 e. The molecule has 1 amide bonds. The summed E-state index contributed by atoms with van der Waals surface area (Å²) in [6, 6.07) is 23.9. The third-order valence-electron chi connectivity index (χ3n) is 7.56. The summed E-state index contributed by atoms with van der Waals surface area (Å²) >= 11 is 0. The fourth-order valence-corrected chi connectivity index (χ4v) is 5.48. The van der Waals surface area contributed by atoms with Crippen LogP contribution < -0.4 is 10.2 Å². The van der Waals surface area contributed by atoms with Crippen LogP contribution in [0.25, 0.3) is 11.0 Å². The minimum absolute atomic E-state index is 0.150. The summed E-state index contributed by atoms with van der Waals surface area (Å²) in [5.41, 5.74) is 1.53. The first-order valence-electron chi connectivity index (χ1n) is 14.5. The number of unbranched alkanes of at least 4 members (excludes halogenated alkanes) is 2. The lowest BCUT2D eigenvalue weighted by Crippen LogP contribution is -2.34. The fourth-order valence-electron chi connectivity index (χ4n) is 5.48. The van der Waals surface area contributed by atoms with E-state index in [1.54, 1.807) is 12.1 Å². The zero-order valence-corrected chi connectivity index (χ0v) is 23.5. The molecule has 0 aliphatic carbocycles. The van der Waals surface area contributed by atoms with Crippen LogP contribution in [-0.4, -0.2) is 41.9 Å². The Bertz CT molecular complexity index is 1490. The molecule has 0 radical (unpaired) electrons. The molecule has 40 heavy (non-hydrogen) atoms. The van der Waals surface area contributed by atoms with Crippen LogP contribution in [0.5, 0.6) is 11.5 Å². The highest BCUT2D eigenvalue weighted by atomic mass is 16.5. The lowest BCUT2D eigenvalue weighted by atomic mass is 9.98. The van der Waals surface area contributed by atoms with Gasteiger partial charge in [0.25, 0.3) is 5.91 Å². The largest absolute Gasteiger partial charge is 0.457 e. The second kappa shape index (κ2) is 13.0. The Hall–Kier alpha value is -3.90. The average molecular weight is 539 g/mol. The molecule has 1 aromatic heterocycles. The zero-order chi connectivity index (χ0) is 27.9. The quantitative estimate of drug-likeness (QED) is 0.177. The molecule has 1 unspecified atom stereocenters. The van der Waals surface area contributed by atoms with E-state index in [1.807, 2.05) is 71.6 Å². The van der Waals surface area contributed by atoms with Gasteiger partial charge in [0, 0.05) is 6.54 Å². The van der Waals surface area contributed by atoms with Crippen molar-refractivity contribution in [3.05, 3.63) is 106 Å². The third kappa shape index (κ3) is 5.97. The SMILES string of the molecule is CCCCN(CCCC)CCCN1C(=O)c2oc3ccccc3c(=O)c2C1c1cccc(Oc2ccccc2)c1. The smallest absolute Gasteiger partial charge is 0.290 e. The molecule has 0 saturated heterocycles. The van der Waals surface area contributed by atoms with Crippen molar-refractivity contribution in [1.29, 1.82) is 0 Å². The van der Waals surface area contributed by atoms with Gasteiger partial charge in [-0.3, -0.25) is 9.59 Å². The molecular formula is C34H38N2O4. The second-order valence-electron chi connectivity index (χ2n) is 10.5. The van der Waals surface area contributed by atoms with Crippen molar-refractivity contribution in [2.24, 2.45) is 0 Å². The summed E-state index contributed by atoms with van der Waals surface area (Å²) in [5.74, 6) is 1.30. The highest BCUT2D eigenvalue weighted by molar-refractivity contribution is 5.99. The molecule has 208 valence electrons. The highest BCUT2D eigenvalue weighted by Gasteiger charge is 2.42. The van der Waals surface area contributed by atoms with E-state index in [4.69, 9.17) is 9.15 Å². The van der Waals surface area contributed by atoms with Crippen LogP contribution in [0, 0.1) is 0 Å². The Labute approximate surface area is 236 Å². The van der Waals surface area contributed by atoms with Crippen LogP contribution >= 0.6 is 0 Å². The molecule has 0 bridgehead atoms. The van der Waals surface area contributed by atoms with Gasteiger partial charge in [-0.1, -0.05) is 69.2 Å². The van der Waals surface area contributed by atoms with E-state index in [2.05, 4.69) is 18.7 Å².